The minimum atomic E-state index is -0.783. The highest BCUT2D eigenvalue weighted by molar-refractivity contribution is 6.07. The predicted octanol–water partition coefficient (Wildman–Crippen LogP) is 2.56. The van der Waals surface area contributed by atoms with Gasteiger partial charge >= 0.3 is 0 Å². The summed E-state index contributed by atoms with van der Waals surface area (Å²) in [5.41, 5.74) is 1.72. The van der Waals surface area contributed by atoms with Crippen molar-refractivity contribution in [1.82, 2.24) is 4.90 Å². The standard InChI is InChI=1S/C20H20N2O4/c1-3-21-19(23)16-17(13-9-11-15(25-2)12-10-13)22(26-18(16)20(21)24)14-7-5-4-6-8-14/h4-12,16-18H,3H2,1-2H3/t16-,17-,18-/m0/s1. The first-order valence-corrected chi connectivity index (χ1v) is 8.66. The number of carbonyl (C=O) groups excluding carboxylic acids is 2. The van der Waals surface area contributed by atoms with Gasteiger partial charge in [0.2, 0.25) is 5.91 Å². The Morgan fingerprint density at radius 2 is 1.69 bits per heavy atom. The number of para-hydroxylation sites is 1. The minimum Gasteiger partial charge on any atom is -0.497 e. The molecule has 0 spiro atoms. The number of imide groups is 1. The lowest BCUT2D eigenvalue weighted by molar-refractivity contribution is -0.142. The number of benzene rings is 2. The second-order valence-corrected chi connectivity index (χ2v) is 6.35. The SMILES string of the molecule is CCN1C(=O)[C@@H]2[C@H](ON(c3ccccc3)[C@H]2c2ccc(OC)cc2)C1=O. The summed E-state index contributed by atoms with van der Waals surface area (Å²) in [6, 6.07) is 16.7. The van der Waals surface area contributed by atoms with Crippen LogP contribution in [0.25, 0.3) is 0 Å². The van der Waals surface area contributed by atoms with Crippen molar-refractivity contribution < 1.29 is 19.2 Å². The van der Waals surface area contributed by atoms with E-state index >= 15 is 0 Å². The Morgan fingerprint density at radius 1 is 1.00 bits per heavy atom. The van der Waals surface area contributed by atoms with Gasteiger partial charge in [0, 0.05) is 6.54 Å². The van der Waals surface area contributed by atoms with Gasteiger partial charge in [0.15, 0.2) is 6.10 Å². The molecule has 2 aliphatic heterocycles. The van der Waals surface area contributed by atoms with Crippen LogP contribution in [-0.4, -0.2) is 36.5 Å². The van der Waals surface area contributed by atoms with E-state index in [1.54, 1.807) is 19.1 Å². The number of fused-ring (bicyclic) bond motifs is 1. The van der Waals surface area contributed by atoms with Crippen molar-refractivity contribution in [3.05, 3.63) is 60.2 Å². The molecular formula is C20H20N2O4. The van der Waals surface area contributed by atoms with Gasteiger partial charge in [0.1, 0.15) is 11.7 Å². The van der Waals surface area contributed by atoms with Crippen molar-refractivity contribution in [2.75, 3.05) is 18.7 Å². The first-order valence-electron chi connectivity index (χ1n) is 8.66. The Labute approximate surface area is 151 Å². The van der Waals surface area contributed by atoms with E-state index in [9.17, 15) is 9.59 Å². The van der Waals surface area contributed by atoms with E-state index in [0.29, 0.717) is 6.54 Å². The minimum absolute atomic E-state index is 0.179. The highest BCUT2D eigenvalue weighted by atomic mass is 16.7. The van der Waals surface area contributed by atoms with E-state index in [0.717, 1.165) is 17.0 Å². The molecule has 0 unspecified atom stereocenters. The Bertz CT molecular complexity index is 821. The maximum absolute atomic E-state index is 12.9. The van der Waals surface area contributed by atoms with Crippen LogP contribution in [0.1, 0.15) is 18.5 Å². The Hall–Kier alpha value is -2.86. The number of hydrogen-bond donors (Lipinski definition) is 0. The van der Waals surface area contributed by atoms with Crippen LogP contribution in [-0.2, 0) is 14.4 Å². The summed E-state index contributed by atoms with van der Waals surface area (Å²) in [6.07, 6.45) is -0.783. The van der Waals surface area contributed by atoms with Gasteiger partial charge in [-0.25, -0.2) is 5.06 Å². The normalized spacial score (nSPS) is 24.9. The van der Waals surface area contributed by atoms with Crippen LogP contribution in [0.2, 0.25) is 0 Å². The van der Waals surface area contributed by atoms with E-state index in [4.69, 9.17) is 9.57 Å². The molecule has 0 N–H and O–H groups in total. The number of methoxy groups -OCH3 is 1. The maximum Gasteiger partial charge on any atom is 0.261 e. The third-order valence-electron chi connectivity index (χ3n) is 4.99. The molecular weight excluding hydrogens is 332 g/mol. The fourth-order valence-corrected chi connectivity index (χ4v) is 3.72. The quantitative estimate of drug-likeness (QED) is 0.792. The number of likely N-dealkylation sites (tertiary alicyclic amines) is 1. The highest BCUT2D eigenvalue weighted by Crippen LogP contribution is 2.46. The predicted molar refractivity (Wildman–Crippen MR) is 95.4 cm³/mol. The third kappa shape index (κ3) is 2.45. The third-order valence-corrected chi connectivity index (χ3v) is 4.99. The molecule has 0 aromatic heterocycles. The van der Waals surface area contributed by atoms with Crippen LogP contribution in [0.15, 0.2) is 54.6 Å². The number of hydrogen-bond acceptors (Lipinski definition) is 5. The number of ether oxygens (including phenoxy) is 1. The van der Waals surface area contributed by atoms with Gasteiger partial charge in [-0.3, -0.25) is 19.3 Å². The van der Waals surface area contributed by atoms with Crippen LogP contribution in [0.4, 0.5) is 5.69 Å². The monoisotopic (exact) mass is 352 g/mol. The van der Waals surface area contributed by atoms with Crippen LogP contribution < -0.4 is 9.80 Å². The van der Waals surface area contributed by atoms with Crippen molar-refractivity contribution in [2.24, 2.45) is 5.92 Å². The van der Waals surface area contributed by atoms with Gasteiger partial charge in [-0.05, 0) is 36.8 Å². The van der Waals surface area contributed by atoms with Gasteiger partial charge in [0.05, 0.1) is 18.8 Å². The summed E-state index contributed by atoms with van der Waals surface area (Å²) in [7, 11) is 1.61. The summed E-state index contributed by atoms with van der Waals surface area (Å²) in [6.45, 7) is 2.16. The smallest absolute Gasteiger partial charge is 0.261 e. The number of likely N-dealkylation sites (N-methyl/N-ethyl adjacent to an activating group) is 1. The van der Waals surface area contributed by atoms with E-state index in [2.05, 4.69) is 0 Å². The lowest BCUT2D eigenvalue weighted by Crippen LogP contribution is -2.37. The molecule has 0 bridgehead atoms. The Balaban J connectivity index is 1.78. The Kier molecular flexibility index (Phi) is 4.12. The molecule has 0 saturated carbocycles. The van der Waals surface area contributed by atoms with Gasteiger partial charge < -0.3 is 4.74 Å². The van der Waals surface area contributed by atoms with E-state index in [-0.39, 0.29) is 17.9 Å². The van der Waals surface area contributed by atoms with Crippen molar-refractivity contribution in [1.29, 1.82) is 0 Å². The molecule has 4 rings (SSSR count). The molecule has 2 aromatic rings. The molecule has 2 aliphatic rings. The molecule has 6 heteroatoms. The lowest BCUT2D eigenvalue weighted by atomic mass is 9.90. The number of nitrogens with zero attached hydrogens (tertiary/aromatic N) is 2. The number of anilines is 1. The van der Waals surface area contributed by atoms with Crippen molar-refractivity contribution >= 4 is 17.5 Å². The summed E-state index contributed by atoms with van der Waals surface area (Å²) in [5, 5.41) is 1.69. The first-order chi connectivity index (χ1) is 12.7. The molecule has 0 radical (unpaired) electrons. The number of hydroxylamine groups is 1. The van der Waals surface area contributed by atoms with Crippen LogP contribution >= 0.6 is 0 Å². The largest absolute Gasteiger partial charge is 0.497 e. The van der Waals surface area contributed by atoms with Crippen LogP contribution in [0.5, 0.6) is 5.75 Å². The zero-order valence-electron chi connectivity index (χ0n) is 14.7. The second-order valence-electron chi connectivity index (χ2n) is 6.35. The lowest BCUT2D eigenvalue weighted by Gasteiger charge is -2.28. The van der Waals surface area contributed by atoms with Crippen molar-refractivity contribution in [3.8, 4) is 5.75 Å². The first kappa shape index (κ1) is 16.6. The van der Waals surface area contributed by atoms with Crippen LogP contribution in [0, 0.1) is 5.92 Å². The van der Waals surface area contributed by atoms with Gasteiger partial charge in [-0.1, -0.05) is 30.3 Å². The molecule has 134 valence electrons. The highest BCUT2D eigenvalue weighted by Gasteiger charge is 2.59. The molecule has 2 aromatic carbocycles. The van der Waals surface area contributed by atoms with E-state index < -0.39 is 12.0 Å². The molecule has 2 saturated heterocycles. The molecule has 26 heavy (non-hydrogen) atoms. The molecule has 2 amide bonds. The second kappa shape index (κ2) is 6.46. The zero-order valence-corrected chi connectivity index (χ0v) is 14.7. The number of carbonyl (C=O) groups is 2. The molecule has 6 nitrogen and oxygen atoms in total. The number of rotatable bonds is 4. The molecule has 2 heterocycles. The summed E-state index contributed by atoms with van der Waals surface area (Å²) in [5.74, 6) is -0.267. The van der Waals surface area contributed by atoms with E-state index in [1.165, 1.54) is 4.90 Å². The Morgan fingerprint density at radius 3 is 2.31 bits per heavy atom. The molecule has 0 aliphatic carbocycles. The molecule has 3 atom stereocenters. The topological polar surface area (TPSA) is 59.1 Å². The fraction of sp³-hybridized carbons (Fsp3) is 0.300. The van der Waals surface area contributed by atoms with Gasteiger partial charge in [-0.2, -0.15) is 0 Å². The average Bonchev–Trinajstić information content (AvgIpc) is 3.19. The van der Waals surface area contributed by atoms with Crippen molar-refractivity contribution in [2.45, 2.75) is 19.1 Å². The van der Waals surface area contributed by atoms with Crippen molar-refractivity contribution in [3.63, 3.8) is 0 Å². The number of amides is 2. The summed E-state index contributed by atoms with van der Waals surface area (Å²) >= 11 is 0. The summed E-state index contributed by atoms with van der Waals surface area (Å²) in [4.78, 5) is 32.8. The maximum atomic E-state index is 12.9. The average molecular weight is 352 g/mol. The zero-order chi connectivity index (χ0) is 18.3. The molecule has 2 fully saturated rings. The van der Waals surface area contributed by atoms with Gasteiger partial charge in [-0.15, -0.1) is 0 Å². The van der Waals surface area contributed by atoms with Gasteiger partial charge in [0.25, 0.3) is 5.91 Å². The van der Waals surface area contributed by atoms with E-state index in [1.807, 2.05) is 54.6 Å². The fourth-order valence-electron chi connectivity index (χ4n) is 3.72. The summed E-state index contributed by atoms with van der Waals surface area (Å²) < 4.78 is 5.23. The van der Waals surface area contributed by atoms with Crippen LogP contribution in [0.3, 0.4) is 0 Å².